The van der Waals surface area contributed by atoms with Crippen molar-refractivity contribution < 1.29 is 14.7 Å². The molecule has 1 amide bonds. The largest absolute Gasteiger partial charge is 0.481 e. The van der Waals surface area contributed by atoms with E-state index in [1.54, 1.807) is 6.92 Å². The fourth-order valence-corrected chi connectivity index (χ4v) is 2.01. The van der Waals surface area contributed by atoms with Gasteiger partial charge in [-0.25, -0.2) is 9.67 Å². The number of aromatic nitrogens is 3. The lowest BCUT2D eigenvalue weighted by Crippen LogP contribution is -2.48. The van der Waals surface area contributed by atoms with E-state index in [-0.39, 0.29) is 12.5 Å². The van der Waals surface area contributed by atoms with Gasteiger partial charge in [-0.05, 0) is 19.8 Å². The van der Waals surface area contributed by atoms with Crippen LogP contribution in [0.25, 0.3) is 0 Å². The fourth-order valence-electron chi connectivity index (χ4n) is 2.01. The summed E-state index contributed by atoms with van der Waals surface area (Å²) in [6, 6.07) is -0.488. The molecule has 18 heavy (non-hydrogen) atoms. The minimum atomic E-state index is -0.831. The first-order chi connectivity index (χ1) is 8.55. The van der Waals surface area contributed by atoms with Gasteiger partial charge in [-0.15, -0.1) is 0 Å². The maximum atomic E-state index is 11.9. The van der Waals surface area contributed by atoms with Crippen LogP contribution in [0.5, 0.6) is 0 Å². The van der Waals surface area contributed by atoms with Crippen LogP contribution in [0.3, 0.4) is 0 Å². The summed E-state index contributed by atoms with van der Waals surface area (Å²) in [5.41, 5.74) is -0.766. The Balaban J connectivity index is 1.90. The number of nitrogens with zero attached hydrogens (tertiary/aromatic N) is 3. The van der Waals surface area contributed by atoms with E-state index in [4.69, 9.17) is 5.11 Å². The Labute approximate surface area is 104 Å². The molecule has 2 N–H and O–H groups in total. The van der Waals surface area contributed by atoms with Crippen molar-refractivity contribution in [2.75, 3.05) is 6.54 Å². The van der Waals surface area contributed by atoms with Gasteiger partial charge in [0.2, 0.25) is 5.91 Å². The molecule has 7 nitrogen and oxygen atoms in total. The third-order valence-corrected chi connectivity index (χ3v) is 3.58. The number of carboxylic acids is 1. The van der Waals surface area contributed by atoms with Crippen LogP contribution < -0.4 is 5.32 Å². The van der Waals surface area contributed by atoms with E-state index in [0.717, 1.165) is 6.42 Å². The van der Waals surface area contributed by atoms with Crippen LogP contribution in [-0.2, 0) is 9.59 Å². The first kappa shape index (κ1) is 12.5. The van der Waals surface area contributed by atoms with Gasteiger partial charge in [-0.1, -0.05) is 6.42 Å². The second-order valence-electron chi connectivity index (χ2n) is 4.71. The van der Waals surface area contributed by atoms with Gasteiger partial charge in [-0.3, -0.25) is 9.59 Å². The van der Waals surface area contributed by atoms with Crippen LogP contribution in [0.1, 0.15) is 32.2 Å². The average molecular weight is 252 g/mol. The van der Waals surface area contributed by atoms with Crippen LogP contribution in [0, 0.1) is 5.41 Å². The highest BCUT2D eigenvalue weighted by Gasteiger charge is 2.44. The number of hydrogen-bond acceptors (Lipinski definition) is 4. The quantitative estimate of drug-likeness (QED) is 0.780. The van der Waals surface area contributed by atoms with E-state index in [1.165, 1.54) is 17.3 Å². The van der Waals surface area contributed by atoms with Crippen LogP contribution in [0.2, 0.25) is 0 Å². The van der Waals surface area contributed by atoms with Crippen molar-refractivity contribution >= 4 is 11.9 Å². The minimum Gasteiger partial charge on any atom is -0.481 e. The highest BCUT2D eigenvalue weighted by molar-refractivity contribution is 5.81. The normalized spacial score (nSPS) is 18.7. The number of hydrogen-bond donors (Lipinski definition) is 2. The van der Waals surface area contributed by atoms with E-state index in [1.807, 2.05) is 0 Å². The first-order valence-corrected chi connectivity index (χ1v) is 5.90. The molecule has 1 aromatic heterocycles. The summed E-state index contributed by atoms with van der Waals surface area (Å²) < 4.78 is 1.43. The maximum absolute atomic E-state index is 11.9. The molecular weight excluding hydrogens is 236 g/mol. The molecule has 0 radical (unpaired) electrons. The summed E-state index contributed by atoms with van der Waals surface area (Å²) in [5, 5.41) is 15.7. The van der Waals surface area contributed by atoms with E-state index in [0.29, 0.717) is 12.8 Å². The Bertz CT molecular complexity index is 439. The second kappa shape index (κ2) is 4.75. The van der Waals surface area contributed by atoms with Gasteiger partial charge < -0.3 is 10.4 Å². The predicted octanol–water partition coefficient (Wildman–Crippen LogP) is 0.210. The molecule has 0 aromatic carbocycles. The number of aliphatic carboxylic acids is 1. The van der Waals surface area contributed by atoms with E-state index >= 15 is 0 Å². The zero-order valence-electron chi connectivity index (χ0n) is 10.2. The van der Waals surface area contributed by atoms with Gasteiger partial charge in [0.05, 0.1) is 5.41 Å². The lowest BCUT2D eigenvalue weighted by atomic mass is 9.69. The molecular formula is C11H16N4O3. The average Bonchev–Trinajstić information content (AvgIpc) is 2.79. The standard InChI is InChI=1S/C11H16N4O3/c1-8(15-7-12-6-14-15)9(16)13-5-11(10(17)18)3-2-4-11/h6-8H,2-5H2,1H3,(H,13,16)(H,17,18). The second-order valence-corrected chi connectivity index (χ2v) is 4.71. The SMILES string of the molecule is CC(C(=O)NCC1(C(=O)O)CCC1)n1cncn1. The molecule has 1 atom stereocenters. The number of carbonyl (C=O) groups is 2. The Morgan fingerprint density at radius 1 is 1.56 bits per heavy atom. The van der Waals surface area contributed by atoms with Gasteiger partial charge in [0.1, 0.15) is 18.7 Å². The van der Waals surface area contributed by atoms with Crippen LogP contribution in [-0.4, -0.2) is 38.3 Å². The summed E-state index contributed by atoms with van der Waals surface area (Å²) in [4.78, 5) is 26.8. The van der Waals surface area contributed by atoms with Crippen LogP contribution in [0.4, 0.5) is 0 Å². The number of carboxylic acid groups (broad SMARTS) is 1. The lowest BCUT2D eigenvalue weighted by Gasteiger charge is -2.37. The molecule has 1 fully saturated rings. The Hall–Kier alpha value is -1.92. The number of carbonyl (C=O) groups excluding carboxylic acids is 1. The maximum Gasteiger partial charge on any atom is 0.311 e. The highest BCUT2D eigenvalue weighted by atomic mass is 16.4. The monoisotopic (exact) mass is 252 g/mol. The zero-order chi connectivity index (χ0) is 13.2. The Kier molecular flexibility index (Phi) is 3.31. The molecule has 2 rings (SSSR count). The Morgan fingerprint density at radius 3 is 2.72 bits per heavy atom. The lowest BCUT2D eigenvalue weighted by molar-refractivity contribution is -0.154. The third kappa shape index (κ3) is 2.20. The van der Waals surface area contributed by atoms with Crippen molar-refractivity contribution in [3.63, 3.8) is 0 Å². The number of rotatable bonds is 5. The molecule has 98 valence electrons. The summed E-state index contributed by atoms with van der Waals surface area (Å²) in [6.45, 7) is 1.87. The molecule has 0 aliphatic heterocycles. The predicted molar refractivity (Wildman–Crippen MR) is 61.7 cm³/mol. The zero-order valence-corrected chi connectivity index (χ0v) is 10.2. The Morgan fingerprint density at radius 2 is 2.28 bits per heavy atom. The molecule has 1 saturated carbocycles. The smallest absolute Gasteiger partial charge is 0.311 e. The van der Waals surface area contributed by atoms with Crippen LogP contribution in [0.15, 0.2) is 12.7 Å². The summed E-state index contributed by atoms with van der Waals surface area (Å²) >= 11 is 0. The fraction of sp³-hybridized carbons (Fsp3) is 0.636. The number of nitrogens with one attached hydrogen (secondary N) is 1. The molecule has 0 bridgehead atoms. The molecule has 1 aliphatic rings. The highest BCUT2D eigenvalue weighted by Crippen LogP contribution is 2.40. The van der Waals surface area contributed by atoms with Crippen molar-refractivity contribution in [1.82, 2.24) is 20.1 Å². The van der Waals surface area contributed by atoms with Gasteiger partial charge >= 0.3 is 5.97 Å². The van der Waals surface area contributed by atoms with Gasteiger partial charge in [0.25, 0.3) is 0 Å². The van der Waals surface area contributed by atoms with Crippen LogP contribution >= 0.6 is 0 Å². The molecule has 1 aromatic rings. The van der Waals surface area contributed by atoms with Gasteiger partial charge in [0, 0.05) is 6.54 Å². The van der Waals surface area contributed by atoms with E-state index in [2.05, 4.69) is 15.4 Å². The van der Waals surface area contributed by atoms with E-state index in [9.17, 15) is 9.59 Å². The van der Waals surface area contributed by atoms with Crippen molar-refractivity contribution in [3.8, 4) is 0 Å². The van der Waals surface area contributed by atoms with Crippen molar-refractivity contribution in [2.24, 2.45) is 5.41 Å². The summed E-state index contributed by atoms with van der Waals surface area (Å²) in [6.07, 6.45) is 4.97. The topological polar surface area (TPSA) is 97.1 Å². The van der Waals surface area contributed by atoms with Crippen molar-refractivity contribution in [3.05, 3.63) is 12.7 Å². The minimum absolute atomic E-state index is 0.181. The molecule has 1 unspecified atom stereocenters. The van der Waals surface area contributed by atoms with Crippen molar-refractivity contribution in [2.45, 2.75) is 32.2 Å². The third-order valence-electron chi connectivity index (χ3n) is 3.58. The van der Waals surface area contributed by atoms with E-state index < -0.39 is 17.4 Å². The van der Waals surface area contributed by atoms with Crippen molar-refractivity contribution in [1.29, 1.82) is 0 Å². The molecule has 1 heterocycles. The summed E-state index contributed by atoms with van der Waals surface area (Å²) in [5.74, 6) is -1.07. The molecule has 0 saturated heterocycles. The summed E-state index contributed by atoms with van der Waals surface area (Å²) in [7, 11) is 0. The number of amides is 1. The molecule has 0 spiro atoms. The molecule has 1 aliphatic carbocycles. The first-order valence-electron chi connectivity index (χ1n) is 5.90. The molecule has 7 heteroatoms. The van der Waals surface area contributed by atoms with Gasteiger partial charge in [0.15, 0.2) is 0 Å². The van der Waals surface area contributed by atoms with Gasteiger partial charge in [-0.2, -0.15) is 5.10 Å².